The molecule has 0 bridgehead atoms. The summed E-state index contributed by atoms with van der Waals surface area (Å²) in [7, 11) is 0. The Hall–Kier alpha value is -2.59. The van der Waals surface area contributed by atoms with Crippen LogP contribution in [0.3, 0.4) is 0 Å². The smallest absolute Gasteiger partial charge is 0.347 e. The molecule has 1 aromatic heterocycles. The molecule has 0 saturated carbocycles. The van der Waals surface area contributed by atoms with Gasteiger partial charge in [0.2, 0.25) is 5.89 Å². The summed E-state index contributed by atoms with van der Waals surface area (Å²) in [5.41, 5.74) is 1.06. The summed E-state index contributed by atoms with van der Waals surface area (Å²) in [6.45, 7) is 2.97. The van der Waals surface area contributed by atoms with Gasteiger partial charge < -0.3 is 9.15 Å². The summed E-state index contributed by atoms with van der Waals surface area (Å²) in [6.07, 6.45) is 11.0. The van der Waals surface area contributed by atoms with E-state index >= 15 is 0 Å². The van der Waals surface area contributed by atoms with Gasteiger partial charge in [0.05, 0.1) is 17.5 Å². The molecule has 0 aliphatic rings. The Morgan fingerprint density at radius 2 is 1.76 bits per heavy atom. The summed E-state index contributed by atoms with van der Waals surface area (Å²) in [5, 5.41) is 0.945. The molecule has 2 aromatic carbocycles. The molecule has 29 heavy (non-hydrogen) atoms. The first-order valence-corrected chi connectivity index (χ1v) is 10.5. The van der Waals surface area contributed by atoms with Crippen LogP contribution in [-0.2, 0) is 0 Å². The van der Waals surface area contributed by atoms with Crippen LogP contribution in [-0.4, -0.2) is 11.6 Å². The third-order valence-electron chi connectivity index (χ3n) is 4.67. The zero-order valence-corrected chi connectivity index (χ0v) is 17.5. The molecule has 0 aliphatic carbocycles. The van der Waals surface area contributed by atoms with E-state index in [1.165, 1.54) is 32.1 Å². The SMILES string of the molecule is CCCCCCCCOc1ccc(C=Cc2nc3cc(Cl)ccc3c(=O)o2)cc1. The first kappa shape index (κ1) is 21.1. The quantitative estimate of drug-likeness (QED) is 0.346. The zero-order chi connectivity index (χ0) is 20.5. The lowest BCUT2D eigenvalue weighted by molar-refractivity contribution is 0.304. The molecule has 0 spiro atoms. The van der Waals surface area contributed by atoms with Crippen molar-refractivity contribution in [3.8, 4) is 5.75 Å². The largest absolute Gasteiger partial charge is 0.494 e. The van der Waals surface area contributed by atoms with Gasteiger partial charge >= 0.3 is 5.63 Å². The van der Waals surface area contributed by atoms with Crippen LogP contribution in [0, 0.1) is 0 Å². The number of hydrogen-bond acceptors (Lipinski definition) is 4. The predicted molar refractivity (Wildman–Crippen MR) is 120 cm³/mol. The highest BCUT2D eigenvalue weighted by atomic mass is 35.5. The summed E-state index contributed by atoms with van der Waals surface area (Å²) >= 11 is 5.98. The number of aromatic nitrogens is 1. The van der Waals surface area contributed by atoms with Gasteiger partial charge in [0, 0.05) is 11.1 Å². The van der Waals surface area contributed by atoms with E-state index < -0.39 is 5.63 Å². The third-order valence-corrected chi connectivity index (χ3v) is 4.91. The lowest BCUT2D eigenvalue weighted by Crippen LogP contribution is -2.02. The summed E-state index contributed by atoms with van der Waals surface area (Å²) in [6, 6.07) is 12.7. The molecule has 152 valence electrons. The predicted octanol–water partition coefficient (Wildman–Crippen LogP) is 6.75. The highest BCUT2D eigenvalue weighted by molar-refractivity contribution is 6.31. The maximum atomic E-state index is 12.1. The van der Waals surface area contributed by atoms with Crippen LogP contribution in [0.4, 0.5) is 0 Å². The Morgan fingerprint density at radius 3 is 2.55 bits per heavy atom. The van der Waals surface area contributed by atoms with Crippen molar-refractivity contribution in [2.75, 3.05) is 6.61 Å². The molecule has 1 heterocycles. The van der Waals surface area contributed by atoms with Gasteiger partial charge in [0.1, 0.15) is 5.75 Å². The number of unbranched alkanes of at least 4 members (excludes halogenated alkanes) is 5. The second-order valence-corrected chi connectivity index (χ2v) is 7.46. The number of nitrogens with zero attached hydrogens (tertiary/aromatic N) is 1. The average Bonchev–Trinajstić information content (AvgIpc) is 2.72. The number of hydrogen-bond donors (Lipinski definition) is 0. The molecule has 3 rings (SSSR count). The van der Waals surface area contributed by atoms with E-state index in [1.807, 2.05) is 30.3 Å². The van der Waals surface area contributed by atoms with Gasteiger partial charge in [-0.1, -0.05) is 62.8 Å². The fourth-order valence-corrected chi connectivity index (χ4v) is 3.21. The van der Waals surface area contributed by atoms with E-state index in [9.17, 15) is 4.79 Å². The first-order valence-electron chi connectivity index (χ1n) is 10.2. The van der Waals surface area contributed by atoms with Gasteiger partial charge in [-0.2, -0.15) is 0 Å². The van der Waals surface area contributed by atoms with Crippen molar-refractivity contribution in [3.63, 3.8) is 0 Å². The van der Waals surface area contributed by atoms with E-state index in [4.69, 9.17) is 20.8 Å². The minimum Gasteiger partial charge on any atom is -0.494 e. The fourth-order valence-electron chi connectivity index (χ4n) is 3.05. The summed E-state index contributed by atoms with van der Waals surface area (Å²) in [5.74, 6) is 1.11. The van der Waals surface area contributed by atoms with Crippen molar-refractivity contribution in [1.82, 2.24) is 4.98 Å². The van der Waals surface area contributed by atoms with Crippen LogP contribution < -0.4 is 10.4 Å². The van der Waals surface area contributed by atoms with Crippen LogP contribution in [0.5, 0.6) is 5.75 Å². The van der Waals surface area contributed by atoms with Gasteiger partial charge in [-0.05, 0) is 48.4 Å². The Balaban J connectivity index is 1.55. The van der Waals surface area contributed by atoms with E-state index in [-0.39, 0.29) is 5.89 Å². The minimum absolute atomic E-state index is 0.244. The number of benzene rings is 2. The van der Waals surface area contributed by atoms with Crippen LogP contribution in [0.15, 0.2) is 51.7 Å². The molecule has 0 unspecified atom stereocenters. The van der Waals surface area contributed by atoms with E-state index in [2.05, 4.69) is 11.9 Å². The molecule has 5 heteroatoms. The molecule has 0 amide bonds. The second kappa shape index (κ2) is 10.8. The average molecular weight is 412 g/mol. The topological polar surface area (TPSA) is 52.3 Å². The second-order valence-electron chi connectivity index (χ2n) is 7.02. The zero-order valence-electron chi connectivity index (χ0n) is 16.7. The lowest BCUT2D eigenvalue weighted by atomic mass is 10.1. The molecule has 0 N–H and O–H groups in total. The highest BCUT2D eigenvalue weighted by Gasteiger charge is 2.05. The third kappa shape index (κ3) is 6.47. The highest BCUT2D eigenvalue weighted by Crippen LogP contribution is 2.17. The minimum atomic E-state index is -0.426. The van der Waals surface area contributed by atoms with Crippen LogP contribution in [0.25, 0.3) is 23.1 Å². The number of rotatable bonds is 10. The van der Waals surface area contributed by atoms with E-state index in [1.54, 1.807) is 24.3 Å². The number of halogens is 1. The standard InChI is InChI=1S/C24H26ClNO3/c1-2-3-4-5-6-7-16-28-20-12-8-18(9-13-20)10-15-23-26-22-17-19(25)11-14-21(22)24(27)29-23/h8-15,17H,2-7,16H2,1H3. The Labute approximate surface area is 176 Å². The molecule has 0 radical (unpaired) electrons. The molecule has 0 fully saturated rings. The fraction of sp³-hybridized carbons (Fsp3) is 0.333. The number of ether oxygens (including phenoxy) is 1. The van der Waals surface area contributed by atoms with Crippen LogP contribution in [0.2, 0.25) is 5.02 Å². The van der Waals surface area contributed by atoms with Crippen molar-refractivity contribution in [2.45, 2.75) is 45.4 Å². The van der Waals surface area contributed by atoms with Crippen LogP contribution >= 0.6 is 11.6 Å². The molecule has 3 aromatic rings. The molecule has 0 aliphatic heterocycles. The van der Waals surface area contributed by atoms with Crippen molar-refractivity contribution in [1.29, 1.82) is 0 Å². The monoisotopic (exact) mass is 411 g/mol. The summed E-state index contributed by atoms with van der Waals surface area (Å²) < 4.78 is 11.1. The van der Waals surface area contributed by atoms with Crippen molar-refractivity contribution < 1.29 is 9.15 Å². The van der Waals surface area contributed by atoms with E-state index in [0.717, 1.165) is 24.3 Å². The van der Waals surface area contributed by atoms with Gasteiger partial charge in [-0.25, -0.2) is 9.78 Å². The maximum Gasteiger partial charge on any atom is 0.347 e. The first-order chi connectivity index (χ1) is 14.2. The number of fused-ring (bicyclic) bond motifs is 1. The van der Waals surface area contributed by atoms with Gasteiger partial charge in [-0.3, -0.25) is 0 Å². The van der Waals surface area contributed by atoms with Crippen molar-refractivity contribution in [3.05, 3.63) is 69.4 Å². The molecular weight excluding hydrogens is 386 g/mol. The lowest BCUT2D eigenvalue weighted by Gasteiger charge is -2.06. The normalized spacial score (nSPS) is 11.4. The Morgan fingerprint density at radius 1 is 1.00 bits per heavy atom. The van der Waals surface area contributed by atoms with Crippen LogP contribution in [0.1, 0.15) is 56.9 Å². The van der Waals surface area contributed by atoms with Gasteiger partial charge in [-0.15, -0.1) is 0 Å². The van der Waals surface area contributed by atoms with Gasteiger partial charge in [0.15, 0.2) is 0 Å². The van der Waals surface area contributed by atoms with Crippen molar-refractivity contribution >= 4 is 34.7 Å². The Kier molecular flexibility index (Phi) is 7.88. The molecule has 4 nitrogen and oxygen atoms in total. The Bertz CT molecular complexity index is 1010. The summed E-state index contributed by atoms with van der Waals surface area (Å²) in [4.78, 5) is 16.4. The van der Waals surface area contributed by atoms with Crippen molar-refractivity contribution in [2.24, 2.45) is 0 Å². The molecule has 0 atom stereocenters. The molecule has 0 saturated heterocycles. The van der Waals surface area contributed by atoms with Gasteiger partial charge in [0.25, 0.3) is 0 Å². The van der Waals surface area contributed by atoms with E-state index in [0.29, 0.717) is 15.9 Å². The molecular formula is C24H26ClNO3. The maximum absolute atomic E-state index is 12.1.